The van der Waals surface area contributed by atoms with Gasteiger partial charge in [0.05, 0.1) is 4.92 Å². The molecule has 2 rings (SSSR count). The van der Waals surface area contributed by atoms with Crippen molar-refractivity contribution < 1.29 is 23.2 Å². The molecule has 2 aromatic rings. The molecule has 0 amide bonds. The molecule has 1 atom stereocenters. The molecule has 0 bridgehead atoms. The van der Waals surface area contributed by atoms with Gasteiger partial charge in [-0.25, -0.2) is 9.97 Å². The lowest BCUT2D eigenvalue weighted by Crippen LogP contribution is -2.45. The van der Waals surface area contributed by atoms with Crippen molar-refractivity contribution >= 4 is 11.5 Å². The molecule has 0 spiro atoms. The van der Waals surface area contributed by atoms with Crippen LogP contribution >= 0.6 is 0 Å². The smallest absolute Gasteiger partial charge is 0.374 e. The van der Waals surface area contributed by atoms with Crippen molar-refractivity contribution in [1.29, 1.82) is 0 Å². The second-order valence-corrected chi connectivity index (χ2v) is 5.02. The largest absolute Gasteiger partial charge is 0.424 e. The van der Waals surface area contributed by atoms with Crippen molar-refractivity contribution in [3.63, 3.8) is 0 Å². The summed E-state index contributed by atoms with van der Waals surface area (Å²) < 4.78 is 41.0. The van der Waals surface area contributed by atoms with Gasteiger partial charge >= 0.3 is 11.9 Å². The van der Waals surface area contributed by atoms with Gasteiger partial charge in [0.15, 0.2) is 0 Å². The Morgan fingerprint density at radius 3 is 2.62 bits per heavy atom. The number of hydrogen-bond acceptors (Lipinski definition) is 6. The average Bonchev–Trinajstić information content (AvgIpc) is 2.93. The van der Waals surface area contributed by atoms with Crippen molar-refractivity contribution in [2.75, 3.05) is 11.9 Å². The lowest BCUT2D eigenvalue weighted by molar-refractivity contribution is -0.384. The Balaban J connectivity index is 2.19. The van der Waals surface area contributed by atoms with E-state index in [9.17, 15) is 28.4 Å². The first kappa shape index (κ1) is 17.7. The van der Waals surface area contributed by atoms with E-state index >= 15 is 0 Å². The van der Waals surface area contributed by atoms with E-state index in [1.54, 1.807) is 0 Å². The number of rotatable bonds is 6. The summed E-state index contributed by atoms with van der Waals surface area (Å²) in [4.78, 5) is 17.4. The van der Waals surface area contributed by atoms with Gasteiger partial charge in [-0.1, -0.05) is 0 Å². The molecule has 130 valence electrons. The van der Waals surface area contributed by atoms with Crippen LogP contribution < -0.4 is 5.32 Å². The zero-order valence-corrected chi connectivity index (χ0v) is 12.5. The maximum atomic E-state index is 13.3. The van der Waals surface area contributed by atoms with Crippen LogP contribution in [-0.2, 0) is 12.6 Å². The van der Waals surface area contributed by atoms with Crippen LogP contribution in [0.1, 0.15) is 12.2 Å². The van der Waals surface area contributed by atoms with Crippen LogP contribution in [0.5, 0.6) is 0 Å². The number of aryl methyl sites for hydroxylation is 1. The van der Waals surface area contributed by atoms with Crippen molar-refractivity contribution in [3.05, 3.63) is 46.7 Å². The van der Waals surface area contributed by atoms with E-state index in [0.717, 1.165) is 10.8 Å². The van der Waals surface area contributed by atoms with E-state index in [1.807, 2.05) is 0 Å². The summed E-state index contributed by atoms with van der Waals surface area (Å²) in [6, 6.07) is 2.51. The number of nitro groups is 1. The summed E-state index contributed by atoms with van der Waals surface area (Å²) in [6.07, 6.45) is -2.07. The number of alkyl halides is 3. The minimum atomic E-state index is -4.97. The third kappa shape index (κ3) is 3.30. The summed E-state index contributed by atoms with van der Waals surface area (Å²) >= 11 is 0. The molecule has 2 heterocycles. The maximum Gasteiger partial charge on any atom is 0.424 e. The average molecular weight is 345 g/mol. The third-order valence-electron chi connectivity index (χ3n) is 3.42. The standard InChI is InChI=1S/C13H14F3N5O3/c1-20-8-7-19-11(20)12(22,13(14,15)16)4-6-18-10-9(21(23)24)3-2-5-17-10/h2-3,5,7-8,22H,4,6H2,1H3,(H,17,18)/t12-/m1/s1. The molecule has 0 saturated heterocycles. The molecule has 0 aliphatic heterocycles. The Labute approximate surface area is 134 Å². The van der Waals surface area contributed by atoms with Gasteiger partial charge in [-0.2, -0.15) is 13.2 Å². The van der Waals surface area contributed by atoms with Crippen LogP contribution in [0.3, 0.4) is 0 Å². The highest BCUT2D eigenvalue weighted by molar-refractivity contribution is 5.54. The van der Waals surface area contributed by atoms with Crippen LogP contribution in [0.2, 0.25) is 0 Å². The first-order valence-electron chi connectivity index (χ1n) is 6.77. The number of aromatic nitrogens is 3. The van der Waals surface area contributed by atoms with E-state index in [-0.39, 0.29) is 11.5 Å². The molecule has 0 aliphatic carbocycles. The predicted molar refractivity (Wildman–Crippen MR) is 77.2 cm³/mol. The molecular formula is C13H14F3N5O3. The van der Waals surface area contributed by atoms with E-state index in [4.69, 9.17) is 0 Å². The fourth-order valence-electron chi connectivity index (χ4n) is 2.19. The number of anilines is 1. The molecule has 0 saturated carbocycles. The van der Waals surface area contributed by atoms with Gasteiger partial charge in [-0.15, -0.1) is 0 Å². The lowest BCUT2D eigenvalue weighted by atomic mass is 9.97. The van der Waals surface area contributed by atoms with Gasteiger partial charge in [0.2, 0.25) is 11.4 Å². The topological polar surface area (TPSA) is 106 Å². The highest BCUT2D eigenvalue weighted by atomic mass is 19.4. The maximum absolute atomic E-state index is 13.3. The van der Waals surface area contributed by atoms with Gasteiger partial charge in [0.1, 0.15) is 5.82 Å². The highest BCUT2D eigenvalue weighted by Gasteiger charge is 2.57. The number of nitrogens with one attached hydrogen (secondary N) is 1. The number of halogens is 3. The zero-order chi connectivity index (χ0) is 18.0. The monoisotopic (exact) mass is 345 g/mol. The van der Waals surface area contributed by atoms with Gasteiger partial charge < -0.3 is 15.0 Å². The number of hydrogen-bond donors (Lipinski definition) is 2. The Hall–Kier alpha value is -2.69. The summed E-state index contributed by atoms with van der Waals surface area (Å²) in [5, 5.41) is 23.5. The van der Waals surface area contributed by atoms with Crippen LogP contribution in [0.15, 0.2) is 30.7 Å². The van der Waals surface area contributed by atoms with Gasteiger partial charge in [0, 0.05) is 44.7 Å². The molecule has 0 fully saturated rings. The Morgan fingerprint density at radius 1 is 1.38 bits per heavy atom. The number of imidazole rings is 1. The van der Waals surface area contributed by atoms with Crippen molar-refractivity contribution in [3.8, 4) is 0 Å². The van der Waals surface area contributed by atoms with E-state index in [2.05, 4.69) is 15.3 Å². The summed E-state index contributed by atoms with van der Waals surface area (Å²) in [5.41, 5.74) is -3.56. The molecule has 0 aliphatic rings. The van der Waals surface area contributed by atoms with E-state index in [0.29, 0.717) is 0 Å². The first-order chi connectivity index (χ1) is 11.2. The molecule has 2 aromatic heterocycles. The number of aliphatic hydroxyl groups is 1. The third-order valence-corrected chi connectivity index (χ3v) is 3.42. The summed E-state index contributed by atoms with van der Waals surface area (Å²) in [6.45, 7) is -0.402. The lowest BCUT2D eigenvalue weighted by Gasteiger charge is -2.30. The van der Waals surface area contributed by atoms with Crippen LogP contribution in [0.4, 0.5) is 24.7 Å². The molecule has 11 heteroatoms. The van der Waals surface area contributed by atoms with Gasteiger partial charge in [0.25, 0.3) is 0 Å². The second kappa shape index (κ2) is 6.43. The van der Waals surface area contributed by atoms with Crippen molar-refractivity contribution in [2.24, 2.45) is 7.05 Å². The Kier molecular flexibility index (Phi) is 4.73. The normalized spacial score (nSPS) is 14.2. The Morgan fingerprint density at radius 2 is 2.08 bits per heavy atom. The second-order valence-electron chi connectivity index (χ2n) is 5.02. The number of nitrogens with zero attached hydrogens (tertiary/aromatic N) is 4. The minimum Gasteiger partial charge on any atom is -0.374 e. The quantitative estimate of drug-likeness (QED) is 0.612. The Bertz CT molecular complexity index is 734. The van der Waals surface area contributed by atoms with Gasteiger partial charge in [-0.05, 0) is 6.07 Å². The van der Waals surface area contributed by atoms with Crippen molar-refractivity contribution in [1.82, 2.24) is 14.5 Å². The SMILES string of the molecule is Cn1ccnc1[C@](O)(CCNc1ncccc1[N+](=O)[O-])C(F)(F)F. The molecule has 0 aromatic carbocycles. The van der Waals surface area contributed by atoms with E-state index < -0.39 is 35.5 Å². The fourth-order valence-corrected chi connectivity index (χ4v) is 2.19. The highest BCUT2D eigenvalue weighted by Crippen LogP contribution is 2.40. The van der Waals surface area contributed by atoms with E-state index in [1.165, 1.54) is 31.6 Å². The zero-order valence-electron chi connectivity index (χ0n) is 12.5. The fraction of sp³-hybridized carbons (Fsp3) is 0.385. The first-order valence-corrected chi connectivity index (χ1v) is 6.77. The van der Waals surface area contributed by atoms with Crippen LogP contribution in [0.25, 0.3) is 0 Å². The minimum absolute atomic E-state index is 0.174. The number of pyridine rings is 1. The summed E-state index contributed by atoms with van der Waals surface area (Å²) in [7, 11) is 1.33. The van der Waals surface area contributed by atoms with Gasteiger partial charge in [-0.3, -0.25) is 10.1 Å². The molecule has 8 nitrogen and oxygen atoms in total. The molecule has 0 radical (unpaired) electrons. The molecular weight excluding hydrogens is 331 g/mol. The predicted octanol–water partition coefficient (Wildman–Crippen LogP) is 1.98. The van der Waals surface area contributed by atoms with Crippen LogP contribution in [0, 0.1) is 10.1 Å². The van der Waals surface area contributed by atoms with Crippen LogP contribution in [-0.4, -0.2) is 37.3 Å². The summed E-state index contributed by atoms with van der Waals surface area (Å²) in [5.74, 6) is -0.737. The molecule has 2 N–H and O–H groups in total. The van der Waals surface area contributed by atoms with Crippen molar-refractivity contribution in [2.45, 2.75) is 18.2 Å². The molecule has 0 unspecified atom stereocenters. The molecule has 24 heavy (non-hydrogen) atoms.